The summed E-state index contributed by atoms with van der Waals surface area (Å²) in [5.74, 6) is 1.46. The molecule has 0 saturated heterocycles. The van der Waals surface area contributed by atoms with Gasteiger partial charge in [0.25, 0.3) is 0 Å². The minimum absolute atomic E-state index is 0.0979. The van der Waals surface area contributed by atoms with E-state index < -0.39 is 0 Å². The molecule has 128 valence electrons. The first kappa shape index (κ1) is 17.0. The number of carbonyl (C=O) groups is 1. The Balaban J connectivity index is 1.61. The summed E-state index contributed by atoms with van der Waals surface area (Å²) in [6, 6.07) is 15.2. The van der Waals surface area contributed by atoms with E-state index in [-0.39, 0.29) is 11.7 Å². The molecule has 0 radical (unpaired) electrons. The molecule has 0 saturated carbocycles. The van der Waals surface area contributed by atoms with E-state index in [0.717, 1.165) is 16.8 Å². The van der Waals surface area contributed by atoms with Gasteiger partial charge in [0.05, 0.1) is 18.4 Å². The fraction of sp³-hybridized carbons (Fsp3) is 0.167. The molecule has 1 aromatic heterocycles. The lowest BCUT2D eigenvalue weighted by Gasteiger charge is -2.05. The molecule has 0 bridgehead atoms. The van der Waals surface area contributed by atoms with Gasteiger partial charge in [-0.15, -0.1) is 5.10 Å². The van der Waals surface area contributed by atoms with Crippen molar-refractivity contribution in [2.75, 3.05) is 18.2 Å². The van der Waals surface area contributed by atoms with E-state index in [1.54, 1.807) is 7.11 Å². The highest BCUT2D eigenvalue weighted by Crippen LogP contribution is 2.27. The van der Waals surface area contributed by atoms with Gasteiger partial charge < -0.3 is 10.1 Å². The van der Waals surface area contributed by atoms with Crippen LogP contribution in [-0.2, 0) is 4.79 Å². The summed E-state index contributed by atoms with van der Waals surface area (Å²) in [5.41, 5.74) is 2.71. The Morgan fingerprint density at radius 3 is 2.88 bits per heavy atom. The van der Waals surface area contributed by atoms with Crippen LogP contribution < -0.4 is 10.1 Å². The Morgan fingerprint density at radius 1 is 1.24 bits per heavy atom. The number of nitrogens with zero attached hydrogens (tertiary/aromatic N) is 2. The number of carbonyl (C=O) groups excluding carboxylic acids is 1. The Bertz CT molecular complexity index is 879. The smallest absolute Gasteiger partial charge is 0.234 e. The molecular formula is C18H18N4O2S. The van der Waals surface area contributed by atoms with Crippen molar-refractivity contribution in [1.82, 2.24) is 15.2 Å². The maximum absolute atomic E-state index is 12.1. The van der Waals surface area contributed by atoms with Crippen molar-refractivity contribution in [3.05, 3.63) is 54.1 Å². The Hall–Kier alpha value is -2.80. The van der Waals surface area contributed by atoms with Crippen molar-refractivity contribution in [2.24, 2.45) is 0 Å². The number of H-pyrrole nitrogens is 1. The lowest BCUT2D eigenvalue weighted by Crippen LogP contribution is -2.14. The second-order valence-electron chi connectivity index (χ2n) is 5.37. The fourth-order valence-corrected chi connectivity index (χ4v) is 2.92. The van der Waals surface area contributed by atoms with Gasteiger partial charge in [-0.25, -0.2) is 4.98 Å². The maximum Gasteiger partial charge on any atom is 0.234 e. The monoisotopic (exact) mass is 354 g/mol. The van der Waals surface area contributed by atoms with Crippen LogP contribution in [0.3, 0.4) is 0 Å². The number of anilines is 1. The quantitative estimate of drug-likeness (QED) is 0.662. The molecule has 0 fully saturated rings. The van der Waals surface area contributed by atoms with E-state index in [9.17, 15) is 4.79 Å². The number of para-hydroxylation sites is 1. The number of hydrogen-bond donors (Lipinski definition) is 2. The number of aryl methyl sites for hydroxylation is 1. The zero-order valence-corrected chi connectivity index (χ0v) is 14.8. The third-order valence-electron chi connectivity index (χ3n) is 3.46. The summed E-state index contributed by atoms with van der Waals surface area (Å²) in [6.07, 6.45) is 0. The lowest BCUT2D eigenvalue weighted by molar-refractivity contribution is -0.113. The lowest BCUT2D eigenvalue weighted by atomic mass is 10.2. The van der Waals surface area contributed by atoms with Crippen molar-refractivity contribution in [1.29, 1.82) is 0 Å². The average molecular weight is 354 g/mol. The summed E-state index contributed by atoms with van der Waals surface area (Å²) in [7, 11) is 1.61. The number of aromatic amines is 1. The van der Waals surface area contributed by atoms with E-state index in [4.69, 9.17) is 4.74 Å². The molecule has 2 N–H and O–H groups in total. The Kier molecular flexibility index (Phi) is 5.35. The van der Waals surface area contributed by atoms with E-state index in [1.807, 2.05) is 55.5 Å². The second kappa shape index (κ2) is 7.85. The number of amides is 1. The van der Waals surface area contributed by atoms with Crippen molar-refractivity contribution >= 4 is 23.4 Å². The van der Waals surface area contributed by atoms with Gasteiger partial charge in [-0.2, -0.15) is 0 Å². The molecule has 0 aliphatic heterocycles. The van der Waals surface area contributed by atoms with Gasteiger partial charge >= 0.3 is 0 Å². The molecule has 0 aliphatic carbocycles. The van der Waals surface area contributed by atoms with Gasteiger partial charge in [0.2, 0.25) is 11.1 Å². The van der Waals surface area contributed by atoms with E-state index in [1.165, 1.54) is 11.8 Å². The highest BCUT2D eigenvalue weighted by atomic mass is 32.2. The van der Waals surface area contributed by atoms with Crippen LogP contribution in [0, 0.1) is 6.92 Å². The van der Waals surface area contributed by atoms with E-state index in [0.29, 0.717) is 16.7 Å². The first-order chi connectivity index (χ1) is 12.2. The van der Waals surface area contributed by atoms with E-state index >= 15 is 0 Å². The average Bonchev–Trinajstić information content (AvgIpc) is 3.09. The molecule has 25 heavy (non-hydrogen) atoms. The van der Waals surface area contributed by atoms with Crippen LogP contribution in [0.25, 0.3) is 11.4 Å². The second-order valence-corrected chi connectivity index (χ2v) is 6.32. The van der Waals surface area contributed by atoms with Crippen LogP contribution in [0.1, 0.15) is 5.56 Å². The summed E-state index contributed by atoms with van der Waals surface area (Å²) in [6.45, 7) is 1.98. The maximum atomic E-state index is 12.1. The molecule has 0 unspecified atom stereocenters. The van der Waals surface area contributed by atoms with Crippen LogP contribution in [-0.4, -0.2) is 34.0 Å². The predicted molar refractivity (Wildman–Crippen MR) is 98.9 cm³/mol. The highest BCUT2D eigenvalue weighted by molar-refractivity contribution is 7.99. The van der Waals surface area contributed by atoms with E-state index in [2.05, 4.69) is 20.5 Å². The standard InChI is InChI=1S/C18H18N4O2S/c1-12-6-5-7-13(10-12)19-16(23)11-25-18-20-17(21-22-18)14-8-3-4-9-15(14)24-2/h3-10H,11H2,1-2H3,(H,19,23)(H,20,21,22). The van der Waals surface area contributed by atoms with Crippen LogP contribution in [0.2, 0.25) is 0 Å². The molecule has 6 nitrogen and oxygen atoms in total. The number of methoxy groups -OCH3 is 1. The molecule has 0 atom stereocenters. The number of thioether (sulfide) groups is 1. The first-order valence-corrected chi connectivity index (χ1v) is 8.69. The zero-order chi connectivity index (χ0) is 17.6. The predicted octanol–water partition coefficient (Wildman–Crippen LogP) is 3.52. The number of nitrogens with one attached hydrogen (secondary N) is 2. The number of ether oxygens (including phenoxy) is 1. The van der Waals surface area contributed by atoms with Gasteiger partial charge in [-0.3, -0.25) is 9.89 Å². The molecule has 1 amide bonds. The van der Waals surface area contributed by atoms with Crippen molar-refractivity contribution in [2.45, 2.75) is 12.1 Å². The van der Waals surface area contributed by atoms with Crippen LogP contribution in [0.15, 0.2) is 53.7 Å². The van der Waals surface area contributed by atoms with Gasteiger partial charge in [0.15, 0.2) is 5.82 Å². The van der Waals surface area contributed by atoms with Crippen molar-refractivity contribution in [3.8, 4) is 17.1 Å². The number of aromatic nitrogens is 3. The molecule has 3 rings (SSSR count). The summed E-state index contributed by atoms with van der Waals surface area (Å²) in [5, 5.41) is 10.4. The summed E-state index contributed by atoms with van der Waals surface area (Å²) in [4.78, 5) is 16.5. The van der Waals surface area contributed by atoms with Gasteiger partial charge in [-0.05, 0) is 36.8 Å². The van der Waals surface area contributed by atoms with Gasteiger partial charge in [0.1, 0.15) is 5.75 Å². The molecule has 3 aromatic rings. The normalized spacial score (nSPS) is 10.5. The third kappa shape index (κ3) is 4.39. The molecule has 7 heteroatoms. The van der Waals surface area contributed by atoms with Gasteiger partial charge in [0, 0.05) is 5.69 Å². The number of hydrogen-bond acceptors (Lipinski definition) is 5. The van der Waals surface area contributed by atoms with Crippen molar-refractivity contribution in [3.63, 3.8) is 0 Å². The minimum atomic E-state index is -0.0979. The number of rotatable bonds is 6. The third-order valence-corrected chi connectivity index (χ3v) is 4.31. The van der Waals surface area contributed by atoms with Crippen LogP contribution in [0.5, 0.6) is 5.75 Å². The molecule has 1 heterocycles. The summed E-state index contributed by atoms with van der Waals surface area (Å²) < 4.78 is 5.32. The summed E-state index contributed by atoms with van der Waals surface area (Å²) >= 11 is 1.27. The highest BCUT2D eigenvalue weighted by Gasteiger charge is 2.12. The zero-order valence-electron chi connectivity index (χ0n) is 13.9. The SMILES string of the molecule is COc1ccccc1-c1nc(SCC(=O)Nc2cccc(C)c2)n[nH]1. The molecule has 0 spiro atoms. The minimum Gasteiger partial charge on any atom is -0.496 e. The Morgan fingerprint density at radius 2 is 2.08 bits per heavy atom. The molecule has 2 aromatic carbocycles. The van der Waals surface area contributed by atoms with Gasteiger partial charge in [-0.1, -0.05) is 36.0 Å². The molecule has 0 aliphatic rings. The molecular weight excluding hydrogens is 336 g/mol. The fourth-order valence-electron chi connectivity index (χ4n) is 2.32. The first-order valence-electron chi connectivity index (χ1n) is 7.71. The van der Waals surface area contributed by atoms with Crippen molar-refractivity contribution < 1.29 is 9.53 Å². The topological polar surface area (TPSA) is 79.9 Å². The largest absolute Gasteiger partial charge is 0.496 e. The van der Waals surface area contributed by atoms with Crippen LogP contribution in [0.4, 0.5) is 5.69 Å². The number of benzene rings is 2. The van der Waals surface area contributed by atoms with Crippen LogP contribution >= 0.6 is 11.8 Å². The Labute approximate surface area is 150 Å².